The molecule has 2 heterocycles. The highest BCUT2D eigenvalue weighted by Gasteiger charge is 2.15. The number of aromatic nitrogens is 1. The molecule has 0 saturated carbocycles. The standard InChI is InChI=1S/C19H34N6.HI/c1-4-5-6-7-9-22-19(20-2)23-16-17-8-10-21-18(15-17)25-13-11-24(3)12-14-25;/h8,10,15H,4-7,9,11-14,16H2,1-3H3,(H2,20,22,23);1H. The maximum absolute atomic E-state index is 4.55. The van der Waals surface area contributed by atoms with Gasteiger partial charge in [-0.15, -0.1) is 24.0 Å². The largest absolute Gasteiger partial charge is 0.356 e. The topological polar surface area (TPSA) is 55.8 Å². The number of pyridine rings is 1. The molecule has 2 N–H and O–H groups in total. The van der Waals surface area contributed by atoms with E-state index in [1.807, 2.05) is 13.2 Å². The van der Waals surface area contributed by atoms with Crippen molar-refractivity contribution in [1.82, 2.24) is 20.5 Å². The van der Waals surface area contributed by atoms with Crippen LogP contribution in [0, 0.1) is 0 Å². The lowest BCUT2D eigenvalue weighted by atomic mass is 10.2. The zero-order chi connectivity index (χ0) is 17.9. The van der Waals surface area contributed by atoms with Gasteiger partial charge in [0.2, 0.25) is 0 Å². The van der Waals surface area contributed by atoms with E-state index in [1.165, 1.54) is 31.2 Å². The van der Waals surface area contributed by atoms with Crippen LogP contribution in [0.15, 0.2) is 23.3 Å². The number of guanidine groups is 1. The summed E-state index contributed by atoms with van der Waals surface area (Å²) in [6.07, 6.45) is 6.95. The highest BCUT2D eigenvalue weighted by molar-refractivity contribution is 14.0. The number of piperazine rings is 1. The van der Waals surface area contributed by atoms with Crippen molar-refractivity contribution in [3.8, 4) is 0 Å². The summed E-state index contributed by atoms with van der Waals surface area (Å²) < 4.78 is 0. The Bertz CT molecular complexity index is 529. The zero-order valence-electron chi connectivity index (χ0n) is 16.5. The molecule has 0 unspecified atom stereocenters. The van der Waals surface area contributed by atoms with Crippen molar-refractivity contribution < 1.29 is 0 Å². The minimum absolute atomic E-state index is 0. The molecule has 0 aromatic carbocycles. The molecule has 1 saturated heterocycles. The number of likely N-dealkylation sites (N-methyl/N-ethyl adjacent to an activating group) is 1. The number of hydrogen-bond acceptors (Lipinski definition) is 4. The van der Waals surface area contributed by atoms with E-state index >= 15 is 0 Å². The van der Waals surface area contributed by atoms with Crippen LogP contribution in [0.25, 0.3) is 0 Å². The number of nitrogens with one attached hydrogen (secondary N) is 2. The van der Waals surface area contributed by atoms with Gasteiger partial charge in [-0.2, -0.15) is 0 Å². The SMILES string of the molecule is CCCCCCNC(=NC)NCc1ccnc(N2CCN(C)CC2)c1.I. The lowest BCUT2D eigenvalue weighted by Gasteiger charge is -2.33. The van der Waals surface area contributed by atoms with E-state index < -0.39 is 0 Å². The van der Waals surface area contributed by atoms with Gasteiger partial charge < -0.3 is 20.4 Å². The number of unbranched alkanes of at least 4 members (excludes halogenated alkanes) is 3. The summed E-state index contributed by atoms with van der Waals surface area (Å²) in [6.45, 7) is 8.25. The smallest absolute Gasteiger partial charge is 0.191 e. The molecule has 1 aromatic rings. The van der Waals surface area contributed by atoms with Crippen LogP contribution in [-0.4, -0.2) is 62.7 Å². The fraction of sp³-hybridized carbons (Fsp3) is 0.684. The Balaban J connectivity index is 0.00000338. The molecule has 6 nitrogen and oxygen atoms in total. The third kappa shape index (κ3) is 8.07. The molecule has 0 aliphatic carbocycles. The number of aliphatic imine (C=N–C) groups is 1. The molecule has 1 aliphatic rings. The van der Waals surface area contributed by atoms with Gasteiger partial charge in [0.15, 0.2) is 5.96 Å². The maximum Gasteiger partial charge on any atom is 0.191 e. The molecule has 0 amide bonds. The van der Waals surface area contributed by atoms with Crippen molar-refractivity contribution in [1.29, 1.82) is 0 Å². The third-order valence-corrected chi connectivity index (χ3v) is 4.64. The van der Waals surface area contributed by atoms with E-state index in [0.29, 0.717) is 0 Å². The number of anilines is 1. The van der Waals surface area contributed by atoms with Crippen LogP contribution in [0.1, 0.15) is 38.2 Å². The number of nitrogens with zero attached hydrogens (tertiary/aromatic N) is 4. The highest BCUT2D eigenvalue weighted by Crippen LogP contribution is 2.14. The van der Waals surface area contributed by atoms with Crippen molar-refractivity contribution in [2.45, 2.75) is 39.2 Å². The second-order valence-corrected chi connectivity index (χ2v) is 6.73. The molecule has 7 heteroatoms. The maximum atomic E-state index is 4.55. The molecule has 1 fully saturated rings. The Labute approximate surface area is 175 Å². The van der Waals surface area contributed by atoms with Crippen molar-refractivity contribution >= 4 is 35.8 Å². The molecule has 0 spiro atoms. The van der Waals surface area contributed by atoms with Gasteiger partial charge in [-0.3, -0.25) is 4.99 Å². The first-order chi connectivity index (χ1) is 12.2. The fourth-order valence-corrected chi connectivity index (χ4v) is 2.94. The molecule has 0 atom stereocenters. The molecular formula is C19H35IN6. The summed E-state index contributed by atoms with van der Waals surface area (Å²) in [5.74, 6) is 1.95. The predicted octanol–water partition coefficient (Wildman–Crippen LogP) is 2.70. The van der Waals surface area contributed by atoms with E-state index in [4.69, 9.17) is 0 Å². The Morgan fingerprint density at radius 3 is 2.62 bits per heavy atom. The van der Waals surface area contributed by atoms with E-state index in [1.54, 1.807) is 0 Å². The number of halogens is 1. The molecule has 0 bridgehead atoms. The summed E-state index contributed by atoms with van der Waals surface area (Å²) in [6, 6.07) is 4.26. The van der Waals surface area contributed by atoms with Crippen molar-refractivity contribution in [3.05, 3.63) is 23.9 Å². The van der Waals surface area contributed by atoms with E-state index in [0.717, 1.165) is 51.0 Å². The second-order valence-electron chi connectivity index (χ2n) is 6.73. The minimum atomic E-state index is 0. The molecule has 26 heavy (non-hydrogen) atoms. The van der Waals surface area contributed by atoms with Crippen LogP contribution in [-0.2, 0) is 6.54 Å². The van der Waals surface area contributed by atoms with Gasteiger partial charge >= 0.3 is 0 Å². The van der Waals surface area contributed by atoms with Crippen LogP contribution in [0.2, 0.25) is 0 Å². The van der Waals surface area contributed by atoms with Gasteiger partial charge in [0.25, 0.3) is 0 Å². The molecule has 148 valence electrons. The summed E-state index contributed by atoms with van der Waals surface area (Å²) in [4.78, 5) is 13.6. The quantitative estimate of drug-likeness (QED) is 0.263. The molecule has 0 radical (unpaired) electrons. The third-order valence-electron chi connectivity index (χ3n) is 4.64. The van der Waals surface area contributed by atoms with Crippen LogP contribution < -0.4 is 15.5 Å². The van der Waals surface area contributed by atoms with Gasteiger partial charge in [0.05, 0.1) is 0 Å². The second kappa shape index (κ2) is 13.1. The van der Waals surface area contributed by atoms with Crippen LogP contribution >= 0.6 is 24.0 Å². The summed E-state index contributed by atoms with van der Waals surface area (Å²) in [7, 11) is 4.00. The Hall–Kier alpha value is -1.09. The Morgan fingerprint density at radius 2 is 1.92 bits per heavy atom. The Morgan fingerprint density at radius 1 is 1.15 bits per heavy atom. The minimum Gasteiger partial charge on any atom is -0.356 e. The Kier molecular flexibility index (Phi) is 11.6. The molecule has 1 aliphatic heterocycles. The van der Waals surface area contributed by atoms with Crippen molar-refractivity contribution in [2.75, 3.05) is 51.7 Å². The van der Waals surface area contributed by atoms with Gasteiger partial charge in [-0.1, -0.05) is 26.2 Å². The van der Waals surface area contributed by atoms with Crippen LogP contribution in [0.4, 0.5) is 5.82 Å². The van der Waals surface area contributed by atoms with E-state index in [-0.39, 0.29) is 24.0 Å². The van der Waals surface area contributed by atoms with Crippen molar-refractivity contribution in [3.63, 3.8) is 0 Å². The first kappa shape index (κ1) is 23.0. The first-order valence-corrected chi connectivity index (χ1v) is 9.56. The van der Waals surface area contributed by atoms with Crippen LogP contribution in [0.3, 0.4) is 0 Å². The lowest BCUT2D eigenvalue weighted by Crippen LogP contribution is -2.44. The normalized spacial score (nSPS) is 15.5. The average Bonchev–Trinajstić information content (AvgIpc) is 2.65. The zero-order valence-corrected chi connectivity index (χ0v) is 18.8. The van der Waals surface area contributed by atoms with E-state index in [2.05, 4.69) is 56.5 Å². The summed E-state index contributed by atoms with van der Waals surface area (Å²) in [5, 5.41) is 6.79. The highest BCUT2D eigenvalue weighted by atomic mass is 127. The lowest BCUT2D eigenvalue weighted by molar-refractivity contribution is 0.312. The van der Waals surface area contributed by atoms with Gasteiger partial charge in [0, 0.05) is 52.5 Å². The predicted molar refractivity (Wildman–Crippen MR) is 122 cm³/mol. The van der Waals surface area contributed by atoms with Gasteiger partial charge in [-0.25, -0.2) is 4.98 Å². The van der Waals surface area contributed by atoms with Crippen molar-refractivity contribution in [2.24, 2.45) is 4.99 Å². The van der Waals surface area contributed by atoms with Gasteiger partial charge in [-0.05, 0) is 31.2 Å². The summed E-state index contributed by atoms with van der Waals surface area (Å²) in [5.41, 5.74) is 1.23. The molecule has 1 aromatic heterocycles. The molecule has 2 rings (SSSR count). The molecular weight excluding hydrogens is 439 g/mol. The van der Waals surface area contributed by atoms with Crippen LogP contribution in [0.5, 0.6) is 0 Å². The average molecular weight is 474 g/mol. The summed E-state index contributed by atoms with van der Waals surface area (Å²) >= 11 is 0. The number of rotatable bonds is 8. The fourth-order valence-electron chi connectivity index (χ4n) is 2.94. The van der Waals surface area contributed by atoms with Gasteiger partial charge in [0.1, 0.15) is 5.82 Å². The van der Waals surface area contributed by atoms with E-state index in [9.17, 15) is 0 Å². The number of hydrogen-bond donors (Lipinski definition) is 2. The monoisotopic (exact) mass is 474 g/mol. The first-order valence-electron chi connectivity index (χ1n) is 9.56.